The first-order valence-corrected chi connectivity index (χ1v) is 8.18. The van der Waals surface area contributed by atoms with Crippen LogP contribution in [0.25, 0.3) is 22.2 Å². The molecule has 1 N–H and O–H groups in total. The Hall–Kier alpha value is -3.33. The highest BCUT2D eigenvalue weighted by atomic mass is 32.1. The van der Waals surface area contributed by atoms with E-state index in [9.17, 15) is 0 Å². The lowest BCUT2D eigenvalue weighted by Crippen LogP contribution is -2.20. The van der Waals surface area contributed by atoms with Crippen LogP contribution in [0.15, 0.2) is 26.8 Å². The van der Waals surface area contributed by atoms with Gasteiger partial charge in [-0.2, -0.15) is 13.8 Å². The molecule has 1 unspecified atom stereocenters. The monoisotopic (exact) mass is 377 g/mol. The molecule has 0 amide bonds. The van der Waals surface area contributed by atoms with E-state index in [1.54, 1.807) is 0 Å². The van der Waals surface area contributed by atoms with Gasteiger partial charge in [0.15, 0.2) is 17.3 Å². The maximum atomic E-state index is 5.56. The van der Waals surface area contributed by atoms with Crippen molar-refractivity contribution in [1.29, 1.82) is 0 Å². The predicted octanol–water partition coefficient (Wildman–Crippen LogP) is 0.387. The molecule has 1 aliphatic heterocycles. The van der Waals surface area contributed by atoms with E-state index in [0.29, 0.717) is 33.0 Å². The molecule has 0 spiro atoms. The summed E-state index contributed by atoms with van der Waals surface area (Å²) in [5, 5.41) is 26.1. The zero-order valence-electron chi connectivity index (χ0n) is 11.9. The number of H-pyrrole nitrogens is 1. The molecule has 0 radical (unpaired) electrons. The first kappa shape index (κ1) is 14.1. The maximum Gasteiger partial charge on any atom is 0.408 e. The van der Waals surface area contributed by atoms with Gasteiger partial charge in [0, 0.05) is 0 Å². The van der Waals surface area contributed by atoms with E-state index in [1.165, 1.54) is 35.3 Å². The number of hydrogen-bond acceptors (Lipinski definition) is 14. The Labute approximate surface area is 145 Å². The highest BCUT2D eigenvalue weighted by molar-refractivity contribution is 7.18. The Kier molecular flexibility index (Phi) is 3.17. The van der Waals surface area contributed by atoms with Gasteiger partial charge < -0.3 is 4.74 Å². The van der Waals surface area contributed by atoms with E-state index in [1.807, 2.05) is 0 Å². The summed E-state index contributed by atoms with van der Waals surface area (Å²) in [7, 11) is 0. The summed E-state index contributed by atoms with van der Waals surface area (Å²) in [5.41, 5.74) is 1.47. The Bertz CT molecular complexity index is 1010. The van der Waals surface area contributed by atoms with E-state index in [4.69, 9.17) is 9.26 Å². The van der Waals surface area contributed by atoms with Crippen LogP contribution in [0.1, 0.15) is 11.9 Å². The Morgan fingerprint density at radius 2 is 2.20 bits per heavy atom. The molecule has 1 aliphatic rings. The van der Waals surface area contributed by atoms with Crippen molar-refractivity contribution < 1.29 is 18.9 Å². The molecular weight excluding hydrogens is 372 g/mol. The average molecular weight is 377 g/mol. The first-order valence-electron chi connectivity index (χ1n) is 6.63. The van der Waals surface area contributed by atoms with Crippen LogP contribution in [0.2, 0.25) is 0 Å². The van der Waals surface area contributed by atoms with E-state index >= 15 is 0 Å². The molecule has 0 saturated heterocycles. The van der Waals surface area contributed by atoms with E-state index in [-0.39, 0.29) is 0 Å². The summed E-state index contributed by atoms with van der Waals surface area (Å²) in [4.78, 5) is 2.82. The molecule has 15 heteroatoms. The summed E-state index contributed by atoms with van der Waals surface area (Å²) >= 11 is 2.28. The smallest absolute Gasteiger partial charge is 0.408 e. The number of hydrazone groups is 1. The molecule has 124 valence electrons. The third kappa shape index (κ3) is 2.32. The van der Waals surface area contributed by atoms with Gasteiger partial charge in [-0.25, -0.2) is 14.1 Å². The molecule has 0 fully saturated rings. The molecular formula is C10H5N10O3S2+. The largest absolute Gasteiger partial charge is 0.450 e. The summed E-state index contributed by atoms with van der Waals surface area (Å²) in [6, 6.07) is 0. The van der Waals surface area contributed by atoms with Gasteiger partial charge in [-0.05, 0) is 5.16 Å². The van der Waals surface area contributed by atoms with Crippen molar-refractivity contribution in [3.05, 3.63) is 18.3 Å². The van der Waals surface area contributed by atoms with Crippen LogP contribution in [0, 0.1) is 0 Å². The number of nitrogens with zero attached hydrogens (tertiary/aromatic N) is 9. The quantitative estimate of drug-likeness (QED) is 0.484. The fourth-order valence-electron chi connectivity index (χ4n) is 2.08. The molecule has 0 bridgehead atoms. The minimum Gasteiger partial charge on any atom is -0.450 e. The number of hydrogen-bond donors (Lipinski definition) is 0. The topological polar surface area (TPSA) is 155 Å². The molecule has 13 nitrogen and oxygen atoms in total. The van der Waals surface area contributed by atoms with Crippen LogP contribution in [0.3, 0.4) is 0 Å². The second-order valence-corrected chi connectivity index (χ2v) is 6.03. The Balaban J connectivity index is 1.49. The van der Waals surface area contributed by atoms with Gasteiger partial charge >= 0.3 is 12.2 Å². The zero-order chi connectivity index (χ0) is 16.6. The van der Waals surface area contributed by atoms with Crippen molar-refractivity contribution in [1.82, 2.24) is 34.4 Å². The van der Waals surface area contributed by atoms with Crippen LogP contribution < -0.4 is 9.99 Å². The zero-order valence-corrected chi connectivity index (χ0v) is 13.5. The van der Waals surface area contributed by atoms with Crippen LogP contribution >= 0.6 is 23.1 Å². The number of rotatable bonds is 4. The van der Waals surface area contributed by atoms with Crippen molar-refractivity contribution in [2.75, 3.05) is 5.01 Å². The van der Waals surface area contributed by atoms with Crippen molar-refractivity contribution in [2.24, 2.45) is 5.10 Å². The molecule has 0 saturated carbocycles. The van der Waals surface area contributed by atoms with E-state index in [0.717, 1.165) is 11.7 Å². The van der Waals surface area contributed by atoms with Gasteiger partial charge in [-0.3, -0.25) is 0 Å². The molecule has 4 aromatic heterocycles. The lowest BCUT2D eigenvalue weighted by Gasteiger charge is -2.17. The van der Waals surface area contributed by atoms with Crippen LogP contribution in [0.5, 0.6) is 0 Å². The van der Waals surface area contributed by atoms with Gasteiger partial charge in [0.1, 0.15) is 17.6 Å². The highest BCUT2D eigenvalue weighted by Gasteiger charge is 2.35. The summed E-state index contributed by atoms with van der Waals surface area (Å²) in [5.74, 6) is 0.467. The van der Waals surface area contributed by atoms with Crippen molar-refractivity contribution in [3.63, 3.8) is 0 Å². The summed E-state index contributed by atoms with van der Waals surface area (Å²) < 4.78 is 23.5. The van der Waals surface area contributed by atoms with Gasteiger partial charge in [0.25, 0.3) is 0 Å². The second kappa shape index (κ2) is 5.64. The van der Waals surface area contributed by atoms with Gasteiger partial charge in [0.2, 0.25) is 16.4 Å². The number of aromatic nitrogens is 8. The number of nitrogens with one attached hydrogen (secondary N) is 1. The summed E-state index contributed by atoms with van der Waals surface area (Å²) in [6.45, 7) is 0. The first-order chi connectivity index (χ1) is 12.4. The van der Waals surface area contributed by atoms with Gasteiger partial charge in [-0.1, -0.05) is 16.5 Å². The van der Waals surface area contributed by atoms with Crippen molar-refractivity contribution >= 4 is 34.6 Å². The number of ether oxygens (including phenoxy) is 1. The molecule has 4 aromatic rings. The Morgan fingerprint density at radius 1 is 1.20 bits per heavy atom. The van der Waals surface area contributed by atoms with E-state index in [2.05, 4.69) is 49.1 Å². The van der Waals surface area contributed by atoms with Gasteiger partial charge in [0.05, 0.1) is 11.7 Å². The predicted molar refractivity (Wildman–Crippen MR) is 80.0 cm³/mol. The van der Waals surface area contributed by atoms with E-state index < -0.39 is 6.23 Å². The minimum atomic E-state index is -0.660. The second-order valence-electron chi connectivity index (χ2n) is 4.54. The Morgan fingerprint density at radius 3 is 3.04 bits per heavy atom. The molecule has 5 heterocycles. The lowest BCUT2D eigenvalue weighted by atomic mass is 10.2. The molecule has 0 aromatic carbocycles. The normalized spacial score (nSPS) is 16.5. The molecule has 0 aliphatic carbocycles. The highest BCUT2D eigenvalue weighted by Crippen LogP contribution is 2.37. The molecule has 1 atom stereocenters. The third-order valence-electron chi connectivity index (χ3n) is 3.14. The van der Waals surface area contributed by atoms with Crippen molar-refractivity contribution in [3.8, 4) is 22.2 Å². The van der Waals surface area contributed by atoms with Crippen LogP contribution in [-0.4, -0.2) is 40.8 Å². The molecule has 25 heavy (non-hydrogen) atoms. The number of aromatic amines is 1. The maximum absolute atomic E-state index is 5.56. The number of anilines is 1. The fraction of sp³-hybridized carbons (Fsp3) is 0.100. The third-order valence-corrected chi connectivity index (χ3v) is 4.60. The minimum absolute atomic E-state index is 0.453. The van der Waals surface area contributed by atoms with Crippen LogP contribution in [-0.2, 0) is 4.74 Å². The fourth-order valence-corrected chi connectivity index (χ4v) is 3.42. The standard InChI is InChI=1S/C10H4N10O3S2/c1-4(16-23-13-1)5-6(19-25-18-5)9-20(12-3-21-9)10-15-14-8(24-10)7-11-2-22-17-7/h1-3,9H/p+1. The van der Waals surface area contributed by atoms with Gasteiger partial charge in [-0.15, -0.1) is 15.3 Å². The van der Waals surface area contributed by atoms with Crippen molar-refractivity contribution in [2.45, 2.75) is 6.23 Å². The molecule has 5 rings (SSSR count). The SMILES string of the molecule is C1=NN(c2nnc(-c3noc[nH+]3)s2)C(c2nsnc2-c2cnon2)O1. The van der Waals surface area contributed by atoms with Crippen LogP contribution in [0.4, 0.5) is 5.13 Å². The summed E-state index contributed by atoms with van der Waals surface area (Å²) in [6.07, 6.45) is 3.44. The lowest BCUT2D eigenvalue weighted by molar-refractivity contribution is -0.371. The average Bonchev–Trinajstić information content (AvgIpc) is 3.48.